The standard InChI is InChI=1S/C15H13ClN4S/c16-14-8-11-12(3-4-13(11)21-14)19-10-2-5-15(17-9-10)20-7-1-6-18-20/h1-2,5-9,12,19H,3-4H2. The van der Waals surface area contributed by atoms with E-state index in [0.29, 0.717) is 6.04 Å². The van der Waals surface area contributed by atoms with Crippen LogP contribution in [0.2, 0.25) is 4.34 Å². The number of rotatable bonds is 3. The average molecular weight is 317 g/mol. The van der Waals surface area contributed by atoms with Gasteiger partial charge in [0.25, 0.3) is 0 Å². The minimum Gasteiger partial charge on any atom is -0.377 e. The molecule has 0 saturated carbocycles. The van der Waals surface area contributed by atoms with Crippen molar-refractivity contribution in [2.45, 2.75) is 18.9 Å². The lowest BCUT2D eigenvalue weighted by Crippen LogP contribution is -2.07. The summed E-state index contributed by atoms with van der Waals surface area (Å²) in [5.41, 5.74) is 2.35. The number of nitrogens with one attached hydrogen (secondary N) is 1. The number of anilines is 1. The fraction of sp³-hybridized carbons (Fsp3) is 0.200. The van der Waals surface area contributed by atoms with Crippen LogP contribution in [0, 0.1) is 0 Å². The highest BCUT2D eigenvalue weighted by Gasteiger charge is 2.24. The molecule has 1 aliphatic rings. The molecule has 106 valence electrons. The van der Waals surface area contributed by atoms with Crippen molar-refractivity contribution in [1.82, 2.24) is 14.8 Å². The Bertz CT molecular complexity index is 749. The summed E-state index contributed by atoms with van der Waals surface area (Å²) < 4.78 is 2.62. The van der Waals surface area contributed by atoms with Crippen molar-refractivity contribution in [3.05, 3.63) is 57.6 Å². The van der Waals surface area contributed by atoms with Crippen LogP contribution >= 0.6 is 22.9 Å². The Hall–Kier alpha value is -1.85. The second-order valence-electron chi connectivity index (χ2n) is 5.02. The molecule has 1 atom stereocenters. The van der Waals surface area contributed by atoms with E-state index in [1.54, 1.807) is 22.2 Å². The van der Waals surface area contributed by atoms with Gasteiger partial charge in [0.2, 0.25) is 0 Å². The molecule has 0 amide bonds. The minimum atomic E-state index is 0.334. The number of thiophene rings is 1. The zero-order valence-electron chi connectivity index (χ0n) is 11.2. The predicted molar refractivity (Wildman–Crippen MR) is 85.4 cm³/mol. The maximum Gasteiger partial charge on any atom is 0.153 e. The summed E-state index contributed by atoms with van der Waals surface area (Å²) >= 11 is 7.78. The highest BCUT2D eigenvalue weighted by Crippen LogP contribution is 2.40. The highest BCUT2D eigenvalue weighted by atomic mass is 35.5. The second kappa shape index (κ2) is 5.16. The van der Waals surface area contributed by atoms with Crippen LogP contribution < -0.4 is 5.32 Å². The van der Waals surface area contributed by atoms with Gasteiger partial charge in [-0.1, -0.05) is 11.6 Å². The SMILES string of the molecule is Clc1cc2c(s1)CCC2Nc1ccc(-n2cccn2)nc1. The van der Waals surface area contributed by atoms with Crippen molar-refractivity contribution in [3.63, 3.8) is 0 Å². The fourth-order valence-corrected chi connectivity index (χ4v) is 4.05. The van der Waals surface area contributed by atoms with Gasteiger partial charge in [-0.05, 0) is 42.7 Å². The van der Waals surface area contributed by atoms with Crippen molar-refractivity contribution in [2.24, 2.45) is 0 Å². The molecule has 21 heavy (non-hydrogen) atoms. The summed E-state index contributed by atoms with van der Waals surface area (Å²) in [5, 5.41) is 7.71. The monoisotopic (exact) mass is 316 g/mol. The first kappa shape index (κ1) is 12.9. The zero-order chi connectivity index (χ0) is 14.2. The first-order valence-corrected chi connectivity index (χ1v) is 8.00. The summed E-state index contributed by atoms with van der Waals surface area (Å²) in [4.78, 5) is 5.84. The largest absolute Gasteiger partial charge is 0.377 e. The van der Waals surface area contributed by atoms with Crippen molar-refractivity contribution < 1.29 is 0 Å². The fourth-order valence-electron chi connectivity index (χ4n) is 2.69. The number of aryl methyl sites for hydroxylation is 1. The molecule has 1 unspecified atom stereocenters. The number of hydrogen-bond acceptors (Lipinski definition) is 4. The molecule has 4 rings (SSSR count). The third-order valence-corrected chi connectivity index (χ3v) is 5.01. The first-order valence-electron chi connectivity index (χ1n) is 6.80. The van der Waals surface area contributed by atoms with E-state index in [1.807, 2.05) is 30.6 Å². The van der Waals surface area contributed by atoms with Gasteiger partial charge in [0.05, 0.1) is 22.3 Å². The van der Waals surface area contributed by atoms with Gasteiger partial charge in [0, 0.05) is 17.3 Å². The molecule has 0 bridgehead atoms. The van der Waals surface area contributed by atoms with E-state index in [4.69, 9.17) is 11.6 Å². The van der Waals surface area contributed by atoms with Gasteiger partial charge in [-0.3, -0.25) is 0 Å². The Labute approximate surface area is 131 Å². The van der Waals surface area contributed by atoms with E-state index in [9.17, 15) is 0 Å². The molecule has 4 nitrogen and oxygen atoms in total. The predicted octanol–water partition coefficient (Wildman–Crippen LogP) is 4.08. The van der Waals surface area contributed by atoms with Gasteiger partial charge >= 0.3 is 0 Å². The van der Waals surface area contributed by atoms with E-state index < -0.39 is 0 Å². The van der Waals surface area contributed by atoms with Crippen molar-refractivity contribution in [1.29, 1.82) is 0 Å². The Balaban J connectivity index is 1.53. The molecule has 0 aromatic carbocycles. The lowest BCUT2D eigenvalue weighted by atomic mass is 10.1. The van der Waals surface area contributed by atoms with Gasteiger partial charge in [-0.2, -0.15) is 5.10 Å². The Morgan fingerprint density at radius 3 is 3.10 bits per heavy atom. The van der Waals surface area contributed by atoms with E-state index >= 15 is 0 Å². The molecular formula is C15H13ClN4S. The van der Waals surface area contributed by atoms with Gasteiger partial charge < -0.3 is 5.32 Å². The number of nitrogens with zero attached hydrogens (tertiary/aromatic N) is 3. The Morgan fingerprint density at radius 1 is 1.38 bits per heavy atom. The van der Waals surface area contributed by atoms with Gasteiger partial charge in [0.1, 0.15) is 0 Å². The molecule has 0 aliphatic heterocycles. The van der Waals surface area contributed by atoms with Gasteiger partial charge in [-0.25, -0.2) is 9.67 Å². The second-order valence-corrected chi connectivity index (χ2v) is 6.79. The third kappa shape index (κ3) is 2.43. The maximum absolute atomic E-state index is 6.09. The number of fused-ring (bicyclic) bond motifs is 1. The molecule has 1 N–H and O–H groups in total. The normalized spacial score (nSPS) is 16.9. The lowest BCUT2D eigenvalue weighted by Gasteiger charge is -2.14. The Kier molecular flexibility index (Phi) is 3.16. The van der Waals surface area contributed by atoms with E-state index in [-0.39, 0.29) is 0 Å². The highest BCUT2D eigenvalue weighted by molar-refractivity contribution is 7.16. The van der Waals surface area contributed by atoms with E-state index in [0.717, 1.165) is 28.7 Å². The first-order chi connectivity index (χ1) is 10.3. The number of hydrogen-bond donors (Lipinski definition) is 1. The number of halogens is 1. The van der Waals surface area contributed by atoms with Crippen LogP contribution in [0.15, 0.2) is 42.9 Å². The molecular weight excluding hydrogens is 304 g/mol. The summed E-state index contributed by atoms with van der Waals surface area (Å²) in [7, 11) is 0. The number of aromatic nitrogens is 3. The van der Waals surface area contributed by atoms with E-state index in [2.05, 4.69) is 21.5 Å². The van der Waals surface area contributed by atoms with Crippen LogP contribution in [0.25, 0.3) is 5.82 Å². The van der Waals surface area contributed by atoms with Crippen LogP contribution in [-0.4, -0.2) is 14.8 Å². The number of pyridine rings is 1. The molecule has 6 heteroatoms. The van der Waals surface area contributed by atoms with Crippen molar-refractivity contribution in [3.8, 4) is 5.82 Å². The molecule has 0 fully saturated rings. The maximum atomic E-state index is 6.09. The molecule has 3 aromatic heterocycles. The zero-order valence-corrected chi connectivity index (χ0v) is 12.7. The Morgan fingerprint density at radius 2 is 2.33 bits per heavy atom. The molecule has 0 radical (unpaired) electrons. The molecule has 1 aliphatic carbocycles. The molecule has 0 spiro atoms. The smallest absolute Gasteiger partial charge is 0.153 e. The minimum absolute atomic E-state index is 0.334. The van der Waals surface area contributed by atoms with Crippen LogP contribution in [0.3, 0.4) is 0 Å². The van der Waals surface area contributed by atoms with Crippen LogP contribution in [-0.2, 0) is 6.42 Å². The van der Waals surface area contributed by atoms with Crippen molar-refractivity contribution in [2.75, 3.05) is 5.32 Å². The summed E-state index contributed by atoms with van der Waals surface area (Å²) in [5.74, 6) is 0.816. The van der Waals surface area contributed by atoms with Crippen LogP contribution in [0.4, 0.5) is 5.69 Å². The summed E-state index contributed by atoms with van der Waals surface area (Å²) in [6, 6.07) is 8.30. The van der Waals surface area contributed by atoms with Crippen molar-refractivity contribution >= 4 is 28.6 Å². The lowest BCUT2D eigenvalue weighted by molar-refractivity contribution is 0.760. The summed E-state index contributed by atoms with van der Waals surface area (Å²) in [6.07, 6.45) is 7.69. The van der Waals surface area contributed by atoms with Crippen LogP contribution in [0.5, 0.6) is 0 Å². The van der Waals surface area contributed by atoms with E-state index in [1.165, 1.54) is 10.4 Å². The topological polar surface area (TPSA) is 42.7 Å². The van der Waals surface area contributed by atoms with Gasteiger partial charge in [-0.15, -0.1) is 11.3 Å². The summed E-state index contributed by atoms with van der Waals surface area (Å²) in [6.45, 7) is 0. The molecule has 0 saturated heterocycles. The molecule has 3 aromatic rings. The van der Waals surface area contributed by atoms with Gasteiger partial charge in [0.15, 0.2) is 5.82 Å². The third-order valence-electron chi connectivity index (χ3n) is 3.68. The molecule has 3 heterocycles. The van der Waals surface area contributed by atoms with Crippen LogP contribution in [0.1, 0.15) is 22.9 Å². The quantitative estimate of drug-likeness (QED) is 0.791. The average Bonchev–Trinajstić information content (AvgIpc) is 3.19.